The first-order chi connectivity index (χ1) is 6.92. The number of likely N-dealkylation sites (N-methyl/N-ethyl adjacent to an activating group) is 1. The molecule has 0 radical (unpaired) electrons. The monoisotopic (exact) mass is 211 g/mol. The highest BCUT2D eigenvalue weighted by Gasteiger charge is 2.43. The Labute approximate surface area is 84.9 Å². The van der Waals surface area contributed by atoms with Crippen LogP contribution >= 0.6 is 0 Å². The summed E-state index contributed by atoms with van der Waals surface area (Å²) in [7, 11) is 2.69. The van der Waals surface area contributed by atoms with Crippen LogP contribution < -0.4 is 0 Å². The number of hydrogen-bond donors (Lipinski definition) is 0. The fraction of sp³-hybridized carbons (Fsp3) is 0.667. The van der Waals surface area contributed by atoms with Gasteiger partial charge < -0.3 is 4.90 Å². The van der Waals surface area contributed by atoms with Crippen molar-refractivity contribution >= 4 is 11.7 Å². The summed E-state index contributed by atoms with van der Waals surface area (Å²) in [4.78, 5) is 28.5. The van der Waals surface area contributed by atoms with Gasteiger partial charge in [-0.2, -0.15) is 0 Å². The number of rotatable bonds is 4. The lowest BCUT2D eigenvalue weighted by molar-refractivity contribution is -0.140. The minimum atomic E-state index is -2.35. The fourth-order valence-corrected chi connectivity index (χ4v) is 0.838. The molecule has 0 aromatic carbocycles. The highest BCUT2D eigenvalue weighted by molar-refractivity contribution is 6.09. The van der Waals surface area contributed by atoms with E-state index in [9.17, 15) is 9.59 Å². The van der Waals surface area contributed by atoms with E-state index in [1.807, 2.05) is 0 Å². The number of hydrogen-bond acceptors (Lipinski definition) is 4. The van der Waals surface area contributed by atoms with Crippen molar-refractivity contribution in [1.82, 2.24) is 4.90 Å². The zero-order chi connectivity index (χ0) is 12.1. The Morgan fingerprint density at radius 3 is 1.80 bits per heavy atom. The van der Waals surface area contributed by atoms with Gasteiger partial charge in [0.2, 0.25) is 5.91 Å². The average molecular weight is 211 g/mol. The van der Waals surface area contributed by atoms with Gasteiger partial charge in [0.1, 0.15) is 0 Å². The molecule has 0 aromatic heterocycles. The van der Waals surface area contributed by atoms with E-state index in [1.165, 1.54) is 14.1 Å². The molecule has 0 rings (SSSR count). The molecule has 0 heterocycles. The van der Waals surface area contributed by atoms with Crippen LogP contribution in [0.25, 0.3) is 20.9 Å². The maximum Gasteiger partial charge on any atom is 0.262 e. The van der Waals surface area contributed by atoms with E-state index in [4.69, 9.17) is 11.1 Å². The predicted molar refractivity (Wildman–Crippen MR) is 50.4 cm³/mol. The van der Waals surface area contributed by atoms with E-state index >= 15 is 0 Å². The standard InChI is InChI=1S/C6H9N7O2/c1-4(14)6(9-11-7,10-12-8)5(15)13(2)3/h1-3H3. The summed E-state index contributed by atoms with van der Waals surface area (Å²) in [6, 6.07) is 0. The minimum Gasteiger partial charge on any atom is -0.348 e. The predicted octanol–water partition coefficient (Wildman–Crippen LogP) is 0.980. The first kappa shape index (κ1) is 12.8. The molecule has 0 saturated carbocycles. The van der Waals surface area contributed by atoms with Crippen molar-refractivity contribution in [2.24, 2.45) is 10.2 Å². The molecular formula is C6H9N7O2. The average Bonchev–Trinajstić information content (AvgIpc) is 2.15. The fourth-order valence-electron chi connectivity index (χ4n) is 0.838. The summed E-state index contributed by atoms with van der Waals surface area (Å²) in [5, 5.41) is 5.97. The minimum absolute atomic E-state index is 0.836. The molecule has 9 heteroatoms. The summed E-state index contributed by atoms with van der Waals surface area (Å²) >= 11 is 0. The van der Waals surface area contributed by atoms with Gasteiger partial charge in [0.15, 0.2) is 5.78 Å². The molecule has 0 saturated heterocycles. The lowest BCUT2D eigenvalue weighted by atomic mass is 10.1. The van der Waals surface area contributed by atoms with Gasteiger partial charge in [-0.15, -0.1) is 0 Å². The summed E-state index contributed by atoms with van der Waals surface area (Å²) in [5.74, 6) is -1.72. The third kappa shape index (κ3) is 2.37. The molecule has 0 N–H and O–H groups in total. The molecule has 15 heavy (non-hydrogen) atoms. The first-order valence-electron chi connectivity index (χ1n) is 3.77. The van der Waals surface area contributed by atoms with Crippen molar-refractivity contribution in [2.45, 2.75) is 12.6 Å². The van der Waals surface area contributed by atoms with Crippen LogP contribution in [-0.2, 0) is 9.59 Å². The van der Waals surface area contributed by atoms with Crippen molar-refractivity contribution < 1.29 is 9.59 Å². The Morgan fingerprint density at radius 2 is 1.60 bits per heavy atom. The van der Waals surface area contributed by atoms with E-state index in [2.05, 4.69) is 20.1 Å². The van der Waals surface area contributed by atoms with E-state index in [0.717, 1.165) is 11.8 Å². The van der Waals surface area contributed by atoms with E-state index < -0.39 is 17.4 Å². The third-order valence-corrected chi connectivity index (χ3v) is 1.57. The third-order valence-electron chi connectivity index (χ3n) is 1.57. The van der Waals surface area contributed by atoms with Crippen LogP contribution in [0.4, 0.5) is 0 Å². The lowest BCUT2D eigenvalue weighted by Gasteiger charge is -2.22. The van der Waals surface area contributed by atoms with Gasteiger partial charge in [-0.1, -0.05) is 10.2 Å². The van der Waals surface area contributed by atoms with E-state index in [-0.39, 0.29) is 0 Å². The van der Waals surface area contributed by atoms with Crippen molar-refractivity contribution in [2.75, 3.05) is 14.1 Å². The largest absolute Gasteiger partial charge is 0.348 e. The molecule has 0 aliphatic heterocycles. The van der Waals surface area contributed by atoms with Crippen molar-refractivity contribution in [1.29, 1.82) is 0 Å². The zero-order valence-electron chi connectivity index (χ0n) is 8.45. The van der Waals surface area contributed by atoms with Crippen LogP contribution in [0.1, 0.15) is 6.92 Å². The molecule has 80 valence electrons. The molecule has 0 aliphatic rings. The van der Waals surface area contributed by atoms with Crippen molar-refractivity contribution in [3.63, 3.8) is 0 Å². The van der Waals surface area contributed by atoms with E-state index in [1.54, 1.807) is 0 Å². The second-order valence-electron chi connectivity index (χ2n) is 2.81. The van der Waals surface area contributed by atoms with Crippen LogP contribution in [0.3, 0.4) is 0 Å². The van der Waals surface area contributed by atoms with Gasteiger partial charge >= 0.3 is 0 Å². The van der Waals surface area contributed by atoms with Crippen LogP contribution in [0.15, 0.2) is 10.2 Å². The Balaban J connectivity index is 5.72. The second-order valence-corrected chi connectivity index (χ2v) is 2.81. The maximum atomic E-state index is 11.6. The highest BCUT2D eigenvalue weighted by atomic mass is 16.2. The quantitative estimate of drug-likeness (QED) is 0.296. The molecular weight excluding hydrogens is 202 g/mol. The normalized spacial score (nSPS) is 12.7. The SMILES string of the molecule is CC(=O)C(N=[N+]=[N-])(N=[N+]=[N-])C(=O)N(C)C. The van der Waals surface area contributed by atoms with Crippen LogP contribution in [0.2, 0.25) is 0 Å². The van der Waals surface area contributed by atoms with Gasteiger partial charge in [-0.05, 0) is 18.0 Å². The smallest absolute Gasteiger partial charge is 0.262 e. The Morgan fingerprint density at radius 1 is 1.20 bits per heavy atom. The first-order valence-corrected chi connectivity index (χ1v) is 3.77. The topological polar surface area (TPSA) is 135 Å². The number of ketones is 1. The van der Waals surface area contributed by atoms with E-state index in [0.29, 0.717) is 0 Å². The summed E-state index contributed by atoms with van der Waals surface area (Å²) in [6.45, 7) is 1.00. The van der Waals surface area contributed by atoms with Gasteiger partial charge in [0.05, 0.1) is 0 Å². The zero-order valence-corrected chi connectivity index (χ0v) is 8.45. The number of nitrogens with zero attached hydrogens (tertiary/aromatic N) is 7. The van der Waals surface area contributed by atoms with Crippen molar-refractivity contribution in [3.05, 3.63) is 20.9 Å². The van der Waals surface area contributed by atoms with Crippen LogP contribution in [-0.4, -0.2) is 36.3 Å². The molecule has 0 atom stereocenters. The molecule has 1 amide bonds. The molecule has 0 aliphatic carbocycles. The highest BCUT2D eigenvalue weighted by Crippen LogP contribution is 2.18. The Bertz CT molecular complexity index is 351. The number of Topliss-reactive ketones (excluding diaryl/α,β-unsaturated/α-hetero) is 1. The van der Waals surface area contributed by atoms with Gasteiger partial charge in [0, 0.05) is 23.9 Å². The van der Waals surface area contributed by atoms with Gasteiger partial charge in [-0.3, -0.25) is 9.59 Å². The summed E-state index contributed by atoms with van der Waals surface area (Å²) in [5.41, 5.74) is 14.2. The van der Waals surface area contributed by atoms with Crippen LogP contribution in [0.5, 0.6) is 0 Å². The molecule has 9 nitrogen and oxygen atoms in total. The number of amides is 1. The van der Waals surface area contributed by atoms with Gasteiger partial charge in [-0.25, -0.2) is 0 Å². The number of carbonyl (C=O) groups excluding carboxylic acids is 2. The molecule has 0 spiro atoms. The Hall–Kier alpha value is -2.24. The number of azide groups is 1. The molecule has 0 fully saturated rings. The summed E-state index contributed by atoms with van der Waals surface area (Å²) < 4.78 is 0. The van der Waals surface area contributed by atoms with Crippen LogP contribution in [0, 0.1) is 0 Å². The molecule has 0 aromatic rings. The second kappa shape index (κ2) is 4.85. The lowest BCUT2D eigenvalue weighted by Crippen LogP contribution is -2.47. The molecule has 0 unspecified atom stereocenters. The number of carbonyl (C=O) groups is 2. The maximum absolute atomic E-state index is 11.6. The van der Waals surface area contributed by atoms with Crippen molar-refractivity contribution in [3.8, 4) is 0 Å². The summed E-state index contributed by atoms with van der Waals surface area (Å²) in [6.07, 6.45) is 0. The van der Waals surface area contributed by atoms with Gasteiger partial charge in [0.25, 0.3) is 5.66 Å². The molecule has 0 bridgehead atoms. The Kier molecular flexibility index (Phi) is 4.12.